The van der Waals surface area contributed by atoms with E-state index >= 15 is 0 Å². The summed E-state index contributed by atoms with van der Waals surface area (Å²) in [5.41, 5.74) is 0.643. The second-order valence-electron chi connectivity index (χ2n) is 5.59. The fourth-order valence-electron chi connectivity index (χ4n) is 2.82. The number of methoxy groups -OCH3 is 1. The van der Waals surface area contributed by atoms with E-state index in [1.165, 1.54) is 7.11 Å². The van der Waals surface area contributed by atoms with Gasteiger partial charge >= 0.3 is 5.97 Å². The number of nitrogens with one attached hydrogen (secondary N) is 1. The summed E-state index contributed by atoms with van der Waals surface area (Å²) in [5, 5.41) is 6.02. The van der Waals surface area contributed by atoms with Gasteiger partial charge < -0.3 is 15.0 Å². The molecule has 0 bridgehead atoms. The highest BCUT2D eigenvalue weighted by Gasteiger charge is 2.24. The van der Waals surface area contributed by atoms with E-state index in [9.17, 15) is 9.59 Å². The van der Waals surface area contributed by atoms with Crippen LogP contribution in [0.2, 0.25) is 0 Å². The largest absolute Gasteiger partial charge is 0.465 e. The van der Waals surface area contributed by atoms with Crippen LogP contribution >= 0.6 is 11.3 Å². The number of carbonyl (C=O) groups is 2. The number of ether oxygens (including phenoxy) is 1. The molecular weight excluding hydrogens is 326 g/mol. The van der Waals surface area contributed by atoms with Gasteiger partial charge in [0.1, 0.15) is 0 Å². The molecule has 2 heterocycles. The summed E-state index contributed by atoms with van der Waals surface area (Å²) in [6.45, 7) is 1.72. The van der Waals surface area contributed by atoms with Crippen molar-refractivity contribution in [1.82, 2.24) is 10.3 Å². The molecule has 0 unspecified atom stereocenters. The summed E-state index contributed by atoms with van der Waals surface area (Å²) in [6.07, 6.45) is 3.51. The van der Waals surface area contributed by atoms with Crippen LogP contribution in [0, 0.1) is 0 Å². The number of esters is 1. The lowest BCUT2D eigenvalue weighted by molar-refractivity contribution is 0.0596. The van der Waals surface area contributed by atoms with Crippen LogP contribution in [0.25, 0.3) is 0 Å². The van der Waals surface area contributed by atoms with Gasteiger partial charge in [-0.2, -0.15) is 0 Å². The number of hydrogen-bond donors (Lipinski definition) is 1. The van der Waals surface area contributed by atoms with E-state index in [0.717, 1.165) is 31.1 Å². The highest BCUT2D eigenvalue weighted by molar-refractivity contribution is 7.13. The van der Waals surface area contributed by atoms with Crippen LogP contribution in [-0.4, -0.2) is 43.1 Å². The molecule has 0 atom stereocenters. The Morgan fingerprint density at radius 1 is 1.25 bits per heavy atom. The van der Waals surface area contributed by atoms with Crippen LogP contribution in [0.15, 0.2) is 35.8 Å². The molecule has 1 fully saturated rings. The minimum Gasteiger partial charge on any atom is -0.465 e. The minimum absolute atomic E-state index is 0.0967. The Kier molecular flexibility index (Phi) is 5.10. The van der Waals surface area contributed by atoms with Crippen LogP contribution < -0.4 is 10.2 Å². The first-order valence-electron chi connectivity index (χ1n) is 7.81. The summed E-state index contributed by atoms with van der Waals surface area (Å²) < 4.78 is 4.74. The van der Waals surface area contributed by atoms with Gasteiger partial charge in [-0.25, -0.2) is 9.78 Å². The summed E-state index contributed by atoms with van der Waals surface area (Å²) >= 11 is 1.63. The van der Waals surface area contributed by atoms with Crippen molar-refractivity contribution in [3.05, 3.63) is 47.0 Å². The Balaban J connectivity index is 1.61. The predicted molar refractivity (Wildman–Crippen MR) is 92.6 cm³/mol. The number of benzene rings is 1. The Bertz CT molecular complexity index is 710. The molecule has 3 rings (SSSR count). The second-order valence-corrected chi connectivity index (χ2v) is 6.46. The van der Waals surface area contributed by atoms with Crippen molar-refractivity contribution in [3.8, 4) is 0 Å². The van der Waals surface area contributed by atoms with Gasteiger partial charge in [0.05, 0.1) is 18.2 Å². The topological polar surface area (TPSA) is 71.5 Å². The molecule has 0 radical (unpaired) electrons. The van der Waals surface area contributed by atoms with Gasteiger partial charge in [-0.05, 0) is 25.0 Å². The average Bonchev–Trinajstić information content (AvgIpc) is 3.16. The third-order valence-electron chi connectivity index (χ3n) is 4.10. The molecule has 1 aromatic heterocycles. The highest BCUT2D eigenvalue weighted by Crippen LogP contribution is 2.22. The molecule has 1 aliphatic rings. The zero-order chi connectivity index (χ0) is 16.9. The van der Waals surface area contributed by atoms with Crippen LogP contribution in [0.3, 0.4) is 0 Å². The number of piperidine rings is 1. The lowest BCUT2D eigenvalue weighted by Crippen LogP contribution is -2.45. The highest BCUT2D eigenvalue weighted by atomic mass is 32.1. The van der Waals surface area contributed by atoms with Crippen LogP contribution in [0.4, 0.5) is 5.13 Å². The SMILES string of the molecule is COC(=O)c1ccccc1C(=O)NC1CCN(c2nccs2)CC1. The molecule has 0 spiro atoms. The number of rotatable bonds is 4. The van der Waals surface area contributed by atoms with Crippen molar-refractivity contribution in [2.24, 2.45) is 0 Å². The third kappa shape index (κ3) is 3.56. The third-order valence-corrected chi connectivity index (χ3v) is 4.93. The second kappa shape index (κ2) is 7.44. The minimum atomic E-state index is -0.501. The molecule has 2 aromatic rings. The number of aromatic nitrogens is 1. The summed E-state index contributed by atoms with van der Waals surface area (Å²) in [7, 11) is 1.31. The first-order chi connectivity index (χ1) is 11.7. The molecule has 6 nitrogen and oxygen atoms in total. The first kappa shape index (κ1) is 16.4. The zero-order valence-corrected chi connectivity index (χ0v) is 14.2. The van der Waals surface area contributed by atoms with E-state index in [4.69, 9.17) is 4.74 Å². The van der Waals surface area contributed by atoms with Gasteiger partial charge in [-0.3, -0.25) is 4.79 Å². The molecule has 1 N–H and O–H groups in total. The number of hydrogen-bond acceptors (Lipinski definition) is 6. The van der Waals surface area contributed by atoms with Gasteiger partial charge in [0, 0.05) is 30.7 Å². The van der Waals surface area contributed by atoms with Crippen molar-refractivity contribution in [2.45, 2.75) is 18.9 Å². The number of thiazole rings is 1. The van der Waals surface area contributed by atoms with Crippen molar-refractivity contribution in [3.63, 3.8) is 0 Å². The predicted octanol–water partition coefficient (Wildman–Crippen LogP) is 2.33. The first-order valence-corrected chi connectivity index (χ1v) is 8.69. The van der Waals surface area contributed by atoms with E-state index in [0.29, 0.717) is 5.56 Å². The Morgan fingerprint density at radius 3 is 2.58 bits per heavy atom. The summed E-state index contributed by atoms with van der Waals surface area (Å²) in [4.78, 5) is 30.9. The monoisotopic (exact) mass is 345 g/mol. The van der Waals surface area contributed by atoms with Crippen molar-refractivity contribution in [1.29, 1.82) is 0 Å². The maximum Gasteiger partial charge on any atom is 0.338 e. The van der Waals surface area contributed by atoms with Crippen LogP contribution in [0.5, 0.6) is 0 Å². The zero-order valence-electron chi connectivity index (χ0n) is 13.4. The van der Waals surface area contributed by atoms with E-state index < -0.39 is 5.97 Å². The molecule has 1 aliphatic heterocycles. The fraction of sp³-hybridized carbons (Fsp3) is 0.353. The molecule has 0 saturated carbocycles. The molecule has 1 aromatic carbocycles. The number of amides is 1. The molecule has 1 saturated heterocycles. The van der Waals surface area contributed by atoms with Crippen molar-refractivity contribution in [2.75, 3.05) is 25.1 Å². The maximum absolute atomic E-state index is 12.5. The van der Waals surface area contributed by atoms with Gasteiger partial charge in [0.2, 0.25) is 0 Å². The fourth-order valence-corrected chi connectivity index (χ4v) is 3.52. The molecule has 0 aliphatic carbocycles. The van der Waals surface area contributed by atoms with Gasteiger partial charge in [-0.15, -0.1) is 11.3 Å². The summed E-state index contributed by atoms with van der Waals surface area (Å²) in [6, 6.07) is 6.81. The van der Waals surface area contributed by atoms with Crippen LogP contribution in [-0.2, 0) is 4.74 Å². The Hall–Kier alpha value is -2.41. The Morgan fingerprint density at radius 2 is 1.96 bits per heavy atom. The maximum atomic E-state index is 12.5. The van der Waals surface area contributed by atoms with Gasteiger partial charge in [0.25, 0.3) is 5.91 Å². The Labute approximate surface area is 144 Å². The lowest BCUT2D eigenvalue weighted by atomic mass is 10.0. The normalized spacial score (nSPS) is 15.1. The van der Waals surface area contributed by atoms with Crippen molar-refractivity contribution < 1.29 is 14.3 Å². The summed E-state index contributed by atoms with van der Waals surface area (Å²) in [5.74, 6) is -0.733. The van der Waals surface area contributed by atoms with E-state index in [2.05, 4.69) is 15.2 Å². The van der Waals surface area contributed by atoms with Gasteiger partial charge in [-0.1, -0.05) is 12.1 Å². The van der Waals surface area contributed by atoms with Gasteiger partial charge in [0.15, 0.2) is 5.13 Å². The molecule has 7 heteroatoms. The van der Waals surface area contributed by atoms with Crippen molar-refractivity contribution >= 4 is 28.3 Å². The molecule has 24 heavy (non-hydrogen) atoms. The van der Waals surface area contributed by atoms with Crippen LogP contribution in [0.1, 0.15) is 33.6 Å². The number of nitrogens with zero attached hydrogens (tertiary/aromatic N) is 2. The standard InChI is InChI=1S/C17H19N3O3S/c1-23-16(22)14-5-3-2-4-13(14)15(21)19-12-6-9-20(10-7-12)17-18-8-11-24-17/h2-5,8,11-12H,6-7,9-10H2,1H3,(H,19,21). The van der Waals surface area contributed by atoms with E-state index in [1.807, 2.05) is 5.38 Å². The quantitative estimate of drug-likeness (QED) is 0.861. The number of carbonyl (C=O) groups excluding carboxylic acids is 2. The van der Waals surface area contributed by atoms with E-state index in [-0.39, 0.29) is 17.5 Å². The van der Waals surface area contributed by atoms with E-state index in [1.54, 1.807) is 41.8 Å². The molecule has 126 valence electrons. The molecular formula is C17H19N3O3S. The average molecular weight is 345 g/mol. The molecule has 1 amide bonds. The smallest absolute Gasteiger partial charge is 0.338 e. The number of anilines is 1. The lowest BCUT2D eigenvalue weighted by Gasteiger charge is -2.32.